The molecule has 1 amide bonds. The second-order valence-electron chi connectivity index (χ2n) is 6.94. The quantitative estimate of drug-likeness (QED) is 0.268. The molecule has 0 unspecified atom stereocenters. The average Bonchev–Trinajstić information content (AvgIpc) is 2.68. The Morgan fingerprint density at radius 3 is 2.43 bits per heavy atom. The lowest BCUT2D eigenvalue weighted by Gasteiger charge is -2.20. The van der Waals surface area contributed by atoms with Crippen molar-refractivity contribution in [2.75, 3.05) is 7.11 Å². The number of aromatic hydroxyl groups is 1. The molecule has 2 aromatic rings. The van der Waals surface area contributed by atoms with Crippen LogP contribution in [0.4, 0.5) is 0 Å². The minimum atomic E-state index is -3.87. The summed E-state index contributed by atoms with van der Waals surface area (Å²) >= 11 is 1.95. The van der Waals surface area contributed by atoms with Crippen LogP contribution in [-0.4, -0.2) is 38.8 Å². The molecule has 0 saturated heterocycles. The number of benzene rings is 2. The lowest BCUT2D eigenvalue weighted by Crippen LogP contribution is -2.48. The number of nitrogens with one attached hydrogen (secondary N) is 2. The van der Waals surface area contributed by atoms with Crippen LogP contribution in [0.15, 0.2) is 46.4 Å². The highest BCUT2D eigenvalue weighted by Gasteiger charge is 2.28. The third kappa shape index (κ3) is 6.16. The van der Waals surface area contributed by atoms with Gasteiger partial charge in [-0.2, -0.15) is 9.82 Å². The molecule has 0 fully saturated rings. The molecule has 0 aliphatic heterocycles. The fraction of sp³-hybridized carbons (Fsp3) is 0.300. The van der Waals surface area contributed by atoms with Crippen molar-refractivity contribution >= 4 is 44.7 Å². The number of phenols is 1. The van der Waals surface area contributed by atoms with Crippen molar-refractivity contribution in [3.63, 3.8) is 0 Å². The van der Waals surface area contributed by atoms with Crippen LogP contribution in [0, 0.1) is 16.4 Å². The Bertz CT molecular complexity index is 1040. The maximum absolute atomic E-state index is 12.6. The van der Waals surface area contributed by atoms with Crippen LogP contribution in [0.2, 0.25) is 0 Å². The van der Waals surface area contributed by atoms with Crippen LogP contribution in [-0.2, 0) is 14.8 Å². The molecule has 0 aliphatic carbocycles. The van der Waals surface area contributed by atoms with E-state index in [2.05, 4.69) is 15.2 Å². The van der Waals surface area contributed by atoms with E-state index in [9.17, 15) is 18.3 Å². The van der Waals surface area contributed by atoms with E-state index < -0.39 is 22.0 Å². The Kier molecular flexibility index (Phi) is 8.21. The zero-order valence-electron chi connectivity index (χ0n) is 17.0. The largest absolute Gasteiger partial charge is 0.504 e. The van der Waals surface area contributed by atoms with Gasteiger partial charge in [-0.3, -0.25) is 4.79 Å². The molecule has 0 radical (unpaired) electrons. The summed E-state index contributed by atoms with van der Waals surface area (Å²) in [5.41, 5.74) is 3.89. The van der Waals surface area contributed by atoms with Crippen LogP contribution in [0.25, 0.3) is 0 Å². The predicted octanol–water partition coefficient (Wildman–Crippen LogP) is 2.77. The van der Waals surface area contributed by atoms with Crippen molar-refractivity contribution in [2.45, 2.75) is 31.7 Å². The molecule has 2 rings (SSSR count). The minimum Gasteiger partial charge on any atom is -0.504 e. The number of hydrazone groups is 1. The van der Waals surface area contributed by atoms with E-state index in [1.54, 1.807) is 38.1 Å². The van der Waals surface area contributed by atoms with Crippen LogP contribution in [0.1, 0.15) is 25.0 Å². The average molecular weight is 545 g/mol. The standard InChI is InChI=1S/C20H24IN3O5S/c1-12(2)18(24-30(27,28)15-7-5-13(3)6-8-15)20(26)23-22-11-14-9-16(21)19(25)17(10-14)29-4/h5-12,18,24-25H,1-4H3,(H,23,26)/b22-11-/t18-/m1/s1. The number of ether oxygens (including phenoxy) is 1. The monoisotopic (exact) mass is 545 g/mol. The molecule has 162 valence electrons. The molecule has 0 saturated carbocycles. The van der Waals surface area contributed by atoms with Gasteiger partial charge in [0.15, 0.2) is 11.5 Å². The molecule has 0 heterocycles. The molecule has 2 aromatic carbocycles. The van der Waals surface area contributed by atoms with E-state index >= 15 is 0 Å². The molecule has 8 nitrogen and oxygen atoms in total. The molecular formula is C20H24IN3O5S. The third-order valence-electron chi connectivity index (χ3n) is 4.22. The maximum atomic E-state index is 12.6. The lowest BCUT2D eigenvalue weighted by molar-refractivity contribution is -0.123. The summed E-state index contributed by atoms with van der Waals surface area (Å²) in [6, 6.07) is 8.58. The molecule has 1 atom stereocenters. The first-order valence-electron chi connectivity index (χ1n) is 9.03. The van der Waals surface area contributed by atoms with Crippen molar-refractivity contribution < 1.29 is 23.1 Å². The van der Waals surface area contributed by atoms with Gasteiger partial charge in [0.2, 0.25) is 10.0 Å². The number of carbonyl (C=O) groups is 1. The van der Waals surface area contributed by atoms with Gasteiger partial charge in [-0.15, -0.1) is 0 Å². The summed E-state index contributed by atoms with van der Waals surface area (Å²) in [4.78, 5) is 12.6. The highest BCUT2D eigenvalue weighted by molar-refractivity contribution is 14.1. The van der Waals surface area contributed by atoms with E-state index in [-0.39, 0.29) is 22.3 Å². The van der Waals surface area contributed by atoms with E-state index in [1.165, 1.54) is 25.5 Å². The fourth-order valence-electron chi connectivity index (χ4n) is 2.51. The fourth-order valence-corrected chi connectivity index (χ4v) is 4.48. The van der Waals surface area contributed by atoms with Gasteiger partial charge in [-0.1, -0.05) is 31.5 Å². The summed E-state index contributed by atoms with van der Waals surface area (Å²) in [5, 5.41) is 13.8. The Balaban J connectivity index is 2.13. The molecular weight excluding hydrogens is 521 g/mol. The first kappa shape index (κ1) is 24.1. The maximum Gasteiger partial charge on any atom is 0.258 e. The summed E-state index contributed by atoms with van der Waals surface area (Å²) in [6.45, 7) is 5.33. The van der Waals surface area contributed by atoms with Crippen molar-refractivity contribution in [3.8, 4) is 11.5 Å². The molecule has 0 aliphatic rings. The van der Waals surface area contributed by atoms with Crippen LogP contribution >= 0.6 is 22.6 Å². The van der Waals surface area contributed by atoms with Crippen molar-refractivity contribution in [3.05, 3.63) is 51.1 Å². The first-order valence-corrected chi connectivity index (χ1v) is 11.6. The Labute approximate surface area is 189 Å². The summed E-state index contributed by atoms with van der Waals surface area (Å²) in [7, 11) is -2.44. The van der Waals surface area contributed by atoms with Crippen molar-refractivity contribution in [1.82, 2.24) is 10.1 Å². The number of hydrogen-bond acceptors (Lipinski definition) is 6. The second kappa shape index (κ2) is 10.2. The topological polar surface area (TPSA) is 117 Å². The molecule has 0 aromatic heterocycles. The number of sulfonamides is 1. The Hall–Kier alpha value is -2.18. The van der Waals surface area contributed by atoms with Crippen molar-refractivity contribution in [2.24, 2.45) is 11.0 Å². The SMILES string of the molecule is COc1cc(/C=N\NC(=O)[C@H](NS(=O)(=O)c2ccc(C)cc2)C(C)C)cc(I)c1O. The first-order chi connectivity index (χ1) is 14.0. The number of amides is 1. The number of carbonyl (C=O) groups excluding carboxylic acids is 1. The number of hydrogen-bond donors (Lipinski definition) is 3. The number of phenolic OH excluding ortho intramolecular Hbond substituents is 1. The highest BCUT2D eigenvalue weighted by Crippen LogP contribution is 2.31. The van der Waals surface area contributed by atoms with Gasteiger partial charge >= 0.3 is 0 Å². The highest BCUT2D eigenvalue weighted by atomic mass is 127. The van der Waals surface area contributed by atoms with Gasteiger partial charge in [0, 0.05) is 0 Å². The van der Waals surface area contributed by atoms with Gasteiger partial charge < -0.3 is 9.84 Å². The van der Waals surface area contributed by atoms with Gasteiger partial charge in [-0.25, -0.2) is 13.8 Å². The van der Waals surface area contributed by atoms with Gasteiger partial charge in [-0.05, 0) is 65.3 Å². The van der Waals surface area contributed by atoms with Crippen LogP contribution < -0.4 is 14.9 Å². The third-order valence-corrected chi connectivity index (χ3v) is 6.50. The van der Waals surface area contributed by atoms with E-state index in [1.807, 2.05) is 29.5 Å². The summed E-state index contributed by atoms with van der Waals surface area (Å²) in [6.07, 6.45) is 1.38. The molecule has 10 heteroatoms. The Morgan fingerprint density at radius 1 is 1.23 bits per heavy atom. The van der Waals surface area contributed by atoms with E-state index in [0.29, 0.717) is 9.13 Å². The Morgan fingerprint density at radius 2 is 1.87 bits per heavy atom. The van der Waals surface area contributed by atoms with Gasteiger partial charge in [0.1, 0.15) is 6.04 Å². The summed E-state index contributed by atoms with van der Waals surface area (Å²) in [5.74, 6) is -0.599. The number of rotatable bonds is 8. The smallest absolute Gasteiger partial charge is 0.258 e. The molecule has 3 N–H and O–H groups in total. The summed E-state index contributed by atoms with van der Waals surface area (Å²) < 4.78 is 33.4. The van der Waals surface area contributed by atoms with Crippen LogP contribution in [0.5, 0.6) is 11.5 Å². The van der Waals surface area contributed by atoms with Crippen LogP contribution in [0.3, 0.4) is 0 Å². The second-order valence-corrected chi connectivity index (χ2v) is 9.82. The number of aryl methyl sites for hydroxylation is 1. The lowest BCUT2D eigenvalue weighted by atomic mass is 10.1. The van der Waals surface area contributed by atoms with E-state index in [0.717, 1.165) is 5.56 Å². The number of nitrogens with zero attached hydrogens (tertiary/aromatic N) is 1. The number of methoxy groups -OCH3 is 1. The zero-order chi connectivity index (χ0) is 22.5. The van der Waals surface area contributed by atoms with Crippen molar-refractivity contribution in [1.29, 1.82) is 0 Å². The normalized spacial score (nSPS) is 12.9. The van der Waals surface area contributed by atoms with Gasteiger partial charge in [0.05, 0.1) is 21.8 Å². The van der Waals surface area contributed by atoms with E-state index in [4.69, 9.17) is 4.74 Å². The number of halogens is 1. The predicted molar refractivity (Wildman–Crippen MR) is 123 cm³/mol. The molecule has 0 spiro atoms. The zero-order valence-corrected chi connectivity index (χ0v) is 20.0. The minimum absolute atomic E-state index is 0.0182. The van der Waals surface area contributed by atoms with Gasteiger partial charge in [0.25, 0.3) is 5.91 Å². The molecule has 30 heavy (non-hydrogen) atoms. The molecule has 0 bridgehead atoms.